The fourth-order valence-electron chi connectivity index (χ4n) is 1.58. The van der Waals surface area contributed by atoms with Gasteiger partial charge in [-0.25, -0.2) is 13.1 Å². The molecular formula is C13H24N2O3S2. The maximum absolute atomic E-state index is 12.1. The minimum absolute atomic E-state index is 0.150. The van der Waals surface area contributed by atoms with Crippen LogP contribution in [0.1, 0.15) is 26.3 Å². The SMILES string of the molecule is COCC(C)CNS(=O)(=O)c1cc(CNC(C)C)cs1. The van der Waals surface area contributed by atoms with E-state index in [1.54, 1.807) is 13.2 Å². The van der Waals surface area contributed by atoms with Gasteiger partial charge in [0.15, 0.2) is 0 Å². The highest BCUT2D eigenvalue weighted by Gasteiger charge is 2.17. The molecule has 1 atom stereocenters. The van der Waals surface area contributed by atoms with Gasteiger partial charge in [-0.2, -0.15) is 0 Å². The standard InChI is InChI=1S/C13H24N2O3S2/c1-10(2)14-7-12-5-13(19-9-12)20(16,17)15-6-11(3)8-18-4/h5,9-11,14-15H,6-8H2,1-4H3. The molecular weight excluding hydrogens is 296 g/mol. The van der Waals surface area contributed by atoms with Crippen LogP contribution in [0.15, 0.2) is 15.7 Å². The van der Waals surface area contributed by atoms with E-state index in [4.69, 9.17) is 4.74 Å². The predicted molar refractivity (Wildman–Crippen MR) is 82.5 cm³/mol. The molecule has 1 rings (SSSR count). The van der Waals surface area contributed by atoms with E-state index >= 15 is 0 Å². The third kappa shape index (κ3) is 5.88. The monoisotopic (exact) mass is 320 g/mol. The quantitative estimate of drug-likeness (QED) is 0.728. The van der Waals surface area contributed by atoms with Crippen LogP contribution in [-0.4, -0.2) is 34.7 Å². The van der Waals surface area contributed by atoms with E-state index in [1.165, 1.54) is 11.3 Å². The number of rotatable bonds is 9. The Morgan fingerprint density at radius 1 is 1.35 bits per heavy atom. The van der Waals surface area contributed by atoms with Crippen molar-refractivity contribution in [2.24, 2.45) is 5.92 Å². The van der Waals surface area contributed by atoms with Crippen molar-refractivity contribution >= 4 is 21.4 Å². The molecule has 1 aromatic heterocycles. The normalized spacial score (nSPS) is 13.8. The van der Waals surface area contributed by atoms with E-state index in [0.717, 1.165) is 5.56 Å². The maximum atomic E-state index is 12.1. The van der Waals surface area contributed by atoms with E-state index in [0.29, 0.717) is 29.9 Å². The van der Waals surface area contributed by atoms with Crippen LogP contribution in [0.4, 0.5) is 0 Å². The summed E-state index contributed by atoms with van der Waals surface area (Å²) in [6.45, 7) is 7.66. The van der Waals surface area contributed by atoms with Crippen molar-refractivity contribution in [3.05, 3.63) is 17.0 Å². The zero-order valence-corrected chi connectivity index (χ0v) is 14.1. The Morgan fingerprint density at radius 3 is 2.65 bits per heavy atom. The van der Waals surface area contributed by atoms with Gasteiger partial charge in [0.25, 0.3) is 0 Å². The first-order chi connectivity index (χ1) is 9.35. The fourth-order valence-corrected chi connectivity index (χ4v) is 3.99. The largest absolute Gasteiger partial charge is 0.384 e. The summed E-state index contributed by atoms with van der Waals surface area (Å²) in [6, 6.07) is 2.10. The molecule has 0 fully saturated rings. The number of sulfonamides is 1. The van der Waals surface area contributed by atoms with Gasteiger partial charge in [-0.3, -0.25) is 0 Å². The maximum Gasteiger partial charge on any atom is 0.250 e. The second-order valence-corrected chi connectivity index (χ2v) is 8.13. The topological polar surface area (TPSA) is 67.4 Å². The highest BCUT2D eigenvalue weighted by Crippen LogP contribution is 2.20. The molecule has 0 aromatic carbocycles. The first kappa shape index (κ1) is 17.6. The number of methoxy groups -OCH3 is 1. The van der Waals surface area contributed by atoms with Crippen LogP contribution >= 0.6 is 11.3 Å². The summed E-state index contributed by atoms with van der Waals surface area (Å²) in [5, 5.41) is 5.15. The number of hydrogen-bond acceptors (Lipinski definition) is 5. The molecule has 0 saturated heterocycles. The predicted octanol–water partition coefficient (Wildman–Crippen LogP) is 1.81. The van der Waals surface area contributed by atoms with E-state index in [9.17, 15) is 8.42 Å². The molecule has 1 unspecified atom stereocenters. The van der Waals surface area contributed by atoms with Crippen LogP contribution in [0.25, 0.3) is 0 Å². The molecule has 1 heterocycles. The van der Waals surface area contributed by atoms with Gasteiger partial charge in [0, 0.05) is 32.8 Å². The van der Waals surface area contributed by atoms with Crippen LogP contribution in [0, 0.1) is 5.92 Å². The Bertz CT molecular complexity index is 497. The molecule has 116 valence electrons. The third-order valence-electron chi connectivity index (χ3n) is 2.68. The second kappa shape index (κ2) is 8.09. The van der Waals surface area contributed by atoms with Gasteiger partial charge >= 0.3 is 0 Å². The number of thiophene rings is 1. The van der Waals surface area contributed by atoms with Crippen molar-refractivity contribution in [2.75, 3.05) is 20.3 Å². The molecule has 0 aliphatic carbocycles. The van der Waals surface area contributed by atoms with Gasteiger partial charge in [-0.15, -0.1) is 11.3 Å². The van der Waals surface area contributed by atoms with Crippen molar-refractivity contribution in [1.82, 2.24) is 10.0 Å². The number of hydrogen-bond donors (Lipinski definition) is 2. The molecule has 0 aliphatic rings. The zero-order valence-electron chi connectivity index (χ0n) is 12.5. The Morgan fingerprint density at radius 2 is 2.05 bits per heavy atom. The average molecular weight is 320 g/mol. The van der Waals surface area contributed by atoms with Crippen LogP contribution in [0.5, 0.6) is 0 Å². The molecule has 5 nitrogen and oxygen atoms in total. The summed E-state index contributed by atoms with van der Waals surface area (Å²) in [5.74, 6) is 0.150. The lowest BCUT2D eigenvalue weighted by Gasteiger charge is -2.11. The molecule has 0 bridgehead atoms. The minimum Gasteiger partial charge on any atom is -0.384 e. The Balaban J connectivity index is 2.59. The van der Waals surface area contributed by atoms with Gasteiger partial charge in [-0.05, 0) is 22.9 Å². The molecule has 1 aromatic rings. The summed E-state index contributed by atoms with van der Waals surface area (Å²) in [7, 11) is -1.80. The summed E-state index contributed by atoms with van der Waals surface area (Å²) in [4.78, 5) is 0. The highest BCUT2D eigenvalue weighted by molar-refractivity contribution is 7.91. The molecule has 7 heteroatoms. The van der Waals surface area contributed by atoms with E-state index in [2.05, 4.69) is 23.9 Å². The van der Waals surface area contributed by atoms with Gasteiger partial charge in [-0.1, -0.05) is 20.8 Å². The summed E-state index contributed by atoms with van der Waals surface area (Å²) in [5.41, 5.74) is 0.994. The fraction of sp³-hybridized carbons (Fsp3) is 0.692. The van der Waals surface area contributed by atoms with Gasteiger partial charge in [0.1, 0.15) is 4.21 Å². The number of nitrogens with one attached hydrogen (secondary N) is 2. The van der Waals surface area contributed by atoms with Gasteiger partial charge < -0.3 is 10.1 Å². The van der Waals surface area contributed by atoms with Crippen LogP contribution < -0.4 is 10.0 Å². The lowest BCUT2D eigenvalue weighted by Crippen LogP contribution is -2.29. The third-order valence-corrected chi connectivity index (χ3v) is 5.59. The van der Waals surface area contributed by atoms with Crippen molar-refractivity contribution in [2.45, 2.75) is 37.6 Å². The molecule has 0 amide bonds. The van der Waals surface area contributed by atoms with Crippen LogP contribution in [-0.2, 0) is 21.3 Å². The molecule has 0 spiro atoms. The van der Waals surface area contributed by atoms with Crippen molar-refractivity contribution in [3.63, 3.8) is 0 Å². The second-order valence-electron chi connectivity index (χ2n) is 5.22. The van der Waals surface area contributed by atoms with Crippen molar-refractivity contribution in [3.8, 4) is 0 Å². The Kier molecular flexibility index (Phi) is 7.11. The van der Waals surface area contributed by atoms with Crippen LogP contribution in [0.2, 0.25) is 0 Å². The smallest absolute Gasteiger partial charge is 0.250 e. The Hall–Kier alpha value is -0.470. The van der Waals surface area contributed by atoms with Crippen LogP contribution in [0.3, 0.4) is 0 Å². The number of ether oxygens (including phenoxy) is 1. The lowest BCUT2D eigenvalue weighted by atomic mass is 10.2. The first-order valence-electron chi connectivity index (χ1n) is 6.64. The summed E-state index contributed by atoms with van der Waals surface area (Å²) >= 11 is 1.25. The van der Waals surface area contributed by atoms with E-state index in [-0.39, 0.29) is 5.92 Å². The molecule has 0 saturated carbocycles. The summed E-state index contributed by atoms with van der Waals surface area (Å²) in [6.07, 6.45) is 0. The Labute approximate surface area is 125 Å². The average Bonchev–Trinajstić information content (AvgIpc) is 2.84. The molecule has 0 aliphatic heterocycles. The van der Waals surface area contributed by atoms with E-state index < -0.39 is 10.0 Å². The summed E-state index contributed by atoms with van der Waals surface area (Å²) < 4.78 is 32.2. The zero-order chi connectivity index (χ0) is 15.2. The highest BCUT2D eigenvalue weighted by atomic mass is 32.2. The minimum atomic E-state index is -3.41. The molecule has 20 heavy (non-hydrogen) atoms. The molecule has 2 N–H and O–H groups in total. The van der Waals surface area contributed by atoms with Gasteiger partial charge in [0.05, 0.1) is 0 Å². The van der Waals surface area contributed by atoms with E-state index in [1.807, 2.05) is 12.3 Å². The van der Waals surface area contributed by atoms with Gasteiger partial charge in [0.2, 0.25) is 10.0 Å². The van der Waals surface area contributed by atoms with Crippen molar-refractivity contribution in [1.29, 1.82) is 0 Å². The lowest BCUT2D eigenvalue weighted by molar-refractivity contribution is 0.161. The molecule has 0 radical (unpaired) electrons. The van der Waals surface area contributed by atoms with Crippen molar-refractivity contribution < 1.29 is 13.2 Å². The first-order valence-corrected chi connectivity index (χ1v) is 9.01.